The molecule has 4 heteroatoms. The van der Waals surface area contributed by atoms with Gasteiger partial charge in [0.05, 0.1) is 6.54 Å². The molecule has 3 atom stereocenters. The largest absolute Gasteiger partial charge is 0.341 e. The van der Waals surface area contributed by atoms with Gasteiger partial charge in [-0.1, -0.05) is 6.92 Å². The second-order valence-corrected chi connectivity index (χ2v) is 6.54. The molecule has 0 aliphatic carbocycles. The number of likely N-dealkylation sites (tertiary alicyclic amines) is 2. The number of nitrogens with zero attached hydrogens (tertiary/aromatic N) is 2. The van der Waals surface area contributed by atoms with Crippen LogP contribution in [0.3, 0.4) is 0 Å². The first-order valence-corrected chi connectivity index (χ1v) is 7.82. The van der Waals surface area contributed by atoms with E-state index < -0.39 is 0 Å². The van der Waals surface area contributed by atoms with Crippen LogP contribution in [-0.4, -0.2) is 54.5 Å². The quantitative estimate of drug-likeness (QED) is 0.838. The van der Waals surface area contributed by atoms with E-state index in [1.807, 2.05) is 0 Å². The van der Waals surface area contributed by atoms with Crippen molar-refractivity contribution in [2.24, 2.45) is 17.6 Å². The van der Waals surface area contributed by atoms with E-state index in [1.54, 1.807) is 0 Å². The minimum atomic E-state index is 0.316. The van der Waals surface area contributed by atoms with Crippen LogP contribution in [0.4, 0.5) is 0 Å². The Bertz CT molecular complexity index is 308. The Kier molecular flexibility index (Phi) is 5.22. The van der Waals surface area contributed by atoms with Crippen LogP contribution in [0.2, 0.25) is 0 Å². The Morgan fingerprint density at radius 1 is 1.21 bits per heavy atom. The van der Waals surface area contributed by atoms with Gasteiger partial charge >= 0.3 is 0 Å². The predicted octanol–water partition coefficient (Wildman–Crippen LogP) is 1.30. The van der Waals surface area contributed by atoms with Gasteiger partial charge in [0.25, 0.3) is 0 Å². The number of amides is 1. The summed E-state index contributed by atoms with van der Waals surface area (Å²) in [5.41, 5.74) is 5.78. The molecule has 2 N–H and O–H groups in total. The van der Waals surface area contributed by atoms with E-state index >= 15 is 0 Å². The summed E-state index contributed by atoms with van der Waals surface area (Å²) in [6.45, 7) is 8.70. The number of carbonyl (C=O) groups is 1. The summed E-state index contributed by atoms with van der Waals surface area (Å²) in [4.78, 5) is 16.8. The highest BCUT2D eigenvalue weighted by Crippen LogP contribution is 2.22. The maximum Gasteiger partial charge on any atom is 0.236 e. The van der Waals surface area contributed by atoms with Crippen LogP contribution in [-0.2, 0) is 4.79 Å². The van der Waals surface area contributed by atoms with Gasteiger partial charge in [-0.2, -0.15) is 0 Å². The summed E-state index contributed by atoms with van der Waals surface area (Å²) >= 11 is 0. The third-order valence-corrected chi connectivity index (χ3v) is 4.79. The number of piperidine rings is 2. The molecule has 1 amide bonds. The van der Waals surface area contributed by atoms with Crippen molar-refractivity contribution < 1.29 is 4.79 Å². The first-order valence-electron chi connectivity index (χ1n) is 7.82. The summed E-state index contributed by atoms with van der Waals surface area (Å²) in [6.07, 6.45) is 4.81. The van der Waals surface area contributed by atoms with Crippen molar-refractivity contribution in [1.82, 2.24) is 9.80 Å². The molecular weight excluding hydrogens is 238 g/mol. The lowest BCUT2D eigenvalue weighted by Crippen LogP contribution is -2.50. The third kappa shape index (κ3) is 3.93. The Balaban J connectivity index is 1.86. The predicted molar refractivity (Wildman–Crippen MR) is 77.8 cm³/mol. The van der Waals surface area contributed by atoms with Crippen molar-refractivity contribution in [3.05, 3.63) is 0 Å². The molecule has 0 spiro atoms. The van der Waals surface area contributed by atoms with Crippen molar-refractivity contribution in [2.75, 3.05) is 32.7 Å². The van der Waals surface area contributed by atoms with E-state index in [-0.39, 0.29) is 0 Å². The van der Waals surface area contributed by atoms with Crippen molar-refractivity contribution in [2.45, 2.75) is 45.6 Å². The minimum absolute atomic E-state index is 0.316. The smallest absolute Gasteiger partial charge is 0.236 e. The summed E-state index contributed by atoms with van der Waals surface area (Å²) in [7, 11) is 0. The van der Waals surface area contributed by atoms with Crippen LogP contribution in [0, 0.1) is 11.8 Å². The zero-order valence-electron chi connectivity index (χ0n) is 12.5. The Morgan fingerprint density at radius 3 is 2.68 bits per heavy atom. The summed E-state index contributed by atoms with van der Waals surface area (Å²) in [6, 6.07) is 0.522. The number of hydrogen-bond acceptors (Lipinski definition) is 3. The molecule has 3 unspecified atom stereocenters. The lowest BCUT2D eigenvalue weighted by atomic mass is 9.93. The molecule has 4 nitrogen and oxygen atoms in total. The van der Waals surface area contributed by atoms with Crippen LogP contribution >= 0.6 is 0 Å². The first-order chi connectivity index (χ1) is 9.10. The van der Waals surface area contributed by atoms with Crippen molar-refractivity contribution in [3.63, 3.8) is 0 Å². The van der Waals surface area contributed by atoms with Gasteiger partial charge in [-0.3, -0.25) is 9.69 Å². The highest BCUT2D eigenvalue weighted by molar-refractivity contribution is 5.78. The standard InChI is InChI=1S/C15H29N3O/c1-12-4-3-7-17(9-12)15(19)11-18-10-14(8-16)6-5-13(18)2/h12-14H,3-11,16H2,1-2H3. The van der Waals surface area contributed by atoms with E-state index in [0.717, 1.165) is 32.6 Å². The number of hydrogen-bond donors (Lipinski definition) is 1. The molecule has 0 radical (unpaired) electrons. The van der Waals surface area contributed by atoms with Gasteiger partial charge in [-0.05, 0) is 51.0 Å². The molecule has 2 aliphatic heterocycles. The van der Waals surface area contributed by atoms with Gasteiger partial charge < -0.3 is 10.6 Å². The van der Waals surface area contributed by atoms with E-state index in [1.165, 1.54) is 19.3 Å². The Hall–Kier alpha value is -0.610. The lowest BCUT2D eigenvalue weighted by molar-refractivity contribution is -0.135. The van der Waals surface area contributed by atoms with E-state index in [4.69, 9.17) is 5.73 Å². The molecule has 0 aromatic carbocycles. The molecule has 2 heterocycles. The van der Waals surface area contributed by atoms with Gasteiger partial charge in [-0.25, -0.2) is 0 Å². The average Bonchev–Trinajstić information content (AvgIpc) is 2.41. The fourth-order valence-corrected chi connectivity index (χ4v) is 3.36. The monoisotopic (exact) mass is 267 g/mol. The summed E-state index contributed by atoms with van der Waals surface area (Å²) in [5.74, 6) is 1.55. The molecule has 2 saturated heterocycles. The fraction of sp³-hybridized carbons (Fsp3) is 0.933. The number of carbonyl (C=O) groups excluding carboxylic acids is 1. The molecule has 110 valence electrons. The van der Waals surface area contributed by atoms with Gasteiger partial charge in [-0.15, -0.1) is 0 Å². The fourth-order valence-electron chi connectivity index (χ4n) is 3.36. The van der Waals surface area contributed by atoms with Gasteiger partial charge in [0, 0.05) is 25.7 Å². The number of nitrogens with two attached hydrogens (primary N) is 1. The van der Waals surface area contributed by atoms with Crippen molar-refractivity contribution in [3.8, 4) is 0 Å². The number of rotatable bonds is 3. The summed E-state index contributed by atoms with van der Waals surface area (Å²) < 4.78 is 0. The molecule has 0 aromatic rings. The average molecular weight is 267 g/mol. The van der Waals surface area contributed by atoms with Crippen LogP contribution in [0.5, 0.6) is 0 Å². The minimum Gasteiger partial charge on any atom is -0.341 e. The highest BCUT2D eigenvalue weighted by Gasteiger charge is 2.28. The van der Waals surface area contributed by atoms with Gasteiger partial charge in [0.2, 0.25) is 5.91 Å². The second kappa shape index (κ2) is 6.71. The molecule has 0 bridgehead atoms. The summed E-state index contributed by atoms with van der Waals surface area (Å²) in [5, 5.41) is 0. The molecule has 0 aromatic heterocycles. The maximum absolute atomic E-state index is 12.4. The van der Waals surface area contributed by atoms with Crippen LogP contribution < -0.4 is 5.73 Å². The third-order valence-electron chi connectivity index (χ3n) is 4.79. The first kappa shape index (κ1) is 14.8. The SMILES string of the molecule is CC1CCCN(C(=O)CN2CC(CN)CCC2C)C1. The van der Waals surface area contributed by atoms with E-state index in [9.17, 15) is 4.79 Å². The van der Waals surface area contributed by atoms with Crippen LogP contribution in [0.25, 0.3) is 0 Å². The molecule has 0 saturated carbocycles. The molecule has 2 rings (SSSR count). The topological polar surface area (TPSA) is 49.6 Å². The van der Waals surface area contributed by atoms with Crippen LogP contribution in [0.15, 0.2) is 0 Å². The van der Waals surface area contributed by atoms with Crippen molar-refractivity contribution in [1.29, 1.82) is 0 Å². The van der Waals surface area contributed by atoms with Crippen LogP contribution in [0.1, 0.15) is 39.5 Å². The zero-order valence-corrected chi connectivity index (χ0v) is 12.5. The Morgan fingerprint density at radius 2 is 2.00 bits per heavy atom. The van der Waals surface area contributed by atoms with Gasteiger partial charge in [0.1, 0.15) is 0 Å². The normalized spacial score (nSPS) is 33.4. The molecular formula is C15H29N3O. The lowest BCUT2D eigenvalue weighted by Gasteiger charge is -2.39. The van der Waals surface area contributed by atoms with Crippen molar-refractivity contribution >= 4 is 5.91 Å². The molecule has 19 heavy (non-hydrogen) atoms. The van der Waals surface area contributed by atoms with E-state index in [0.29, 0.717) is 30.3 Å². The maximum atomic E-state index is 12.4. The second-order valence-electron chi connectivity index (χ2n) is 6.54. The van der Waals surface area contributed by atoms with Gasteiger partial charge in [0.15, 0.2) is 0 Å². The van der Waals surface area contributed by atoms with E-state index in [2.05, 4.69) is 23.6 Å². The molecule has 2 fully saturated rings. The molecule has 2 aliphatic rings. The Labute approximate surface area is 117 Å². The highest BCUT2D eigenvalue weighted by atomic mass is 16.2. The zero-order chi connectivity index (χ0) is 13.8.